The number of hydrogen-bond acceptors (Lipinski definition) is 3. The predicted molar refractivity (Wildman–Crippen MR) is 85.2 cm³/mol. The van der Waals surface area contributed by atoms with Crippen molar-refractivity contribution in [2.75, 3.05) is 6.54 Å². The zero-order valence-corrected chi connectivity index (χ0v) is 13.8. The molecule has 0 saturated heterocycles. The van der Waals surface area contributed by atoms with Gasteiger partial charge in [0.05, 0.1) is 11.9 Å². The van der Waals surface area contributed by atoms with E-state index in [1.54, 1.807) is 0 Å². The molecule has 0 aromatic carbocycles. The van der Waals surface area contributed by atoms with E-state index < -0.39 is 0 Å². The Labute approximate surface area is 127 Å². The van der Waals surface area contributed by atoms with E-state index in [9.17, 15) is 0 Å². The van der Waals surface area contributed by atoms with Crippen LogP contribution in [-0.4, -0.2) is 26.1 Å². The molecule has 2 aromatic rings. The molecule has 0 amide bonds. The van der Waals surface area contributed by atoms with E-state index in [0.29, 0.717) is 6.04 Å². The van der Waals surface area contributed by atoms with E-state index in [4.69, 9.17) is 0 Å². The van der Waals surface area contributed by atoms with E-state index in [1.165, 1.54) is 16.8 Å². The van der Waals surface area contributed by atoms with Gasteiger partial charge in [-0.05, 0) is 45.2 Å². The molecule has 21 heavy (non-hydrogen) atoms. The van der Waals surface area contributed by atoms with Crippen LogP contribution in [0.2, 0.25) is 0 Å². The van der Waals surface area contributed by atoms with Crippen LogP contribution in [0.1, 0.15) is 48.3 Å². The molecule has 5 heteroatoms. The summed E-state index contributed by atoms with van der Waals surface area (Å²) in [7, 11) is 3.98. The maximum Gasteiger partial charge on any atom is 0.0628 e. The Bertz CT molecular complexity index is 582. The lowest BCUT2D eigenvalue weighted by molar-refractivity contribution is 0.498. The topological polar surface area (TPSA) is 47.7 Å². The van der Waals surface area contributed by atoms with Crippen LogP contribution < -0.4 is 5.32 Å². The maximum atomic E-state index is 4.51. The first-order chi connectivity index (χ1) is 10.0. The third kappa shape index (κ3) is 3.73. The van der Waals surface area contributed by atoms with Crippen molar-refractivity contribution in [1.82, 2.24) is 24.9 Å². The van der Waals surface area contributed by atoms with Gasteiger partial charge in [0.15, 0.2) is 0 Å². The van der Waals surface area contributed by atoms with E-state index >= 15 is 0 Å². The highest BCUT2D eigenvalue weighted by Gasteiger charge is 2.15. The normalized spacial score (nSPS) is 12.8. The van der Waals surface area contributed by atoms with Gasteiger partial charge in [-0.3, -0.25) is 9.36 Å². The van der Waals surface area contributed by atoms with E-state index in [2.05, 4.69) is 42.5 Å². The minimum absolute atomic E-state index is 0.359. The second kappa shape index (κ2) is 6.89. The van der Waals surface area contributed by atoms with Crippen molar-refractivity contribution in [3.8, 4) is 0 Å². The Hall–Kier alpha value is -1.62. The molecule has 2 rings (SSSR count). The molecule has 1 atom stereocenters. The van der Waals surface area contributed by atoms with Gasteiger partial charge >= 0.3 is 0 Å². The van der Waals surface area contributed by atoms with Crippen LogP contribution in [0, 0.1) is 13.8 Å². The van der Waals surface area contributed by atoms with Crippen LogP contribution in [0.4, 0.5) is 0 Å². The van der Waals surface area contributed by atoms with Crippen LogP contribution >= 0.6 is 0 Å². The molecule has 1 N–H and O–H groups in total. The molecule has 0 aliphatic carbocycles. The van der Waals surface area contributed by atoms with Crippen molar-refractivity contribution in [1.29, 1.82) is 0 Å². The molecular weight excluding hydrogens is 262 g/mol. The fraction of sp³-hybridized carbons (Fsp3) is 0.625. The molecule has 2 heterocycles. The zero-order valence-electron chi connectivity index (χ0n) is 13.8. The molecule has 2 aromatic heterocycles. The molecule has 1 unspecified atom stereocenters. The highest BCUT2D eigenvalue weighted by Crippen LogP contribution is 2.21. The van der Waals surface area contributed by atoms with Crippen molar-refractivity contribution in [3.05, 3.63) is 34.9 Å². The molecule has 0 saturated carbocycles. The number of nitrogens with zero attached hydrogens (tertiary/aromatic N) is 4. The maximum absolute atomic E-state index is 4.51. The zero-order chi connectivity index (χ0) is 15.4. The van der Waals surface area contributed by atoms with Gasteiger partial charge in [0.25, 0.3) is 0 Å². The lowest BCUT2D eigenvalue weighted by Crippen LogP contribution is -2.22. The second-order valence-electron chi connectivity index (χ2n) is 5.77. The average Bonchev–Trinajstić information content (AvgIpc) is 2.97. The first kappa shape index (κ1) is 15.8. The third-order valence-electron chi connectivity index (χ3n) is 4.11. The molecule has 0 radical (unpaired) electrons. The van der Waals surface area contributed by atoms with Crippen LogP contribution in [0.25, 0.3) is 0 Å². The predicted octanol–water partition coefficient (Wildman–Crippen LogP) is 2.44. The highest BCUT2D eigenvalue weighted by atomic mass is 15.3. The van der Waals surface area contributed by atoms with Gasteiger partial charge in [-0.15, -0.1) is 0 Å². The number of nitrogens with one attached hydrogen (secondary N) is 1. The van der Waals surface area contributed by atoms with Gasteiger partial charge in [-0.1, -0.05) is 6.92 Å². The lowest BCUT2D eigenvalue weighted by atomic mass is 10.00. The molecule has 5 nitrogen and oxygen atoms in total. The average molecular weight is 289 g/mol. The Balaban J connectivity index is 2.08. The Kier molecular flexibility index (Phi) is 5.17. The summed E-state index contributed by atoms with van der Waals surface area (Å²) in [5, 5.41) is 12.4. The Morgan fingerprint density at radius 1 is 1.29 bits per heavy atom. The molecule has 116 valence electrons. The lowest BCUT2D eigenvalue weighted by Gasteiger charge is -2.17. The van der Waals surface area contributed by atoms with Crippen molar-refractivity contribution < 1.29 is 0 Å². The fourth-order valence-electron chi connectivity index (χ4n) is 2.79. The minimum atomic E-state index is 0.359. The Morgan fingerprint density at radius 2 is 2.05 bits per heavy atom. The van der Waals surface area contributed by atoms with Crippen LogP contribution in [0.3, 0.4) is 0 Å². The summed E-state index contributed by atoms with van der Waals surface area (Å²) in [6.45, 7) is 7.47. The summed E-state index contributed by atoms with van der Waals surface area (Å²) >= 11 is 0. The highest BCUT2D eigenvalue weighted by molar-refractivity contribution is 5.25. The molecule has 0 fully saturated rings. The summed E-state index contributed by atoms with van der Waals surface area (Å²) in [4.78, 5) is 0. The smallest absolute Gasteiger partial charge is 0.0628 e. The fourth-order valence-corrected chi connectivity index (χ4v) is 2.79. The molecule has 0 aliphatic heterocycles. The standard InChI is InChI=1S/C16H27N5/c1-6-9-17-16(14-10-18-20(4)11-14)8-7-15-12(2)19-21(5)13(15)3/h10-11,16-17H,6-9H2,1-5H3. The first-order valence-corrected chi connectivity index (χ1v) is 7.74. The van der Waals surface area contributed by atoms with E-state index in [1.807, 2.05) is 29.7 Å². The molecular formula is C16H27N5. The number of aryl methyl sites for hydroxylation is 3. The van der Waals surface area contributed by atoms with Crippen molar-refractivity contribution in [2.24, 2.45) is 14.1 Å². The summed E-state index contributed by atoms with van der Waals surface area (Å²) in [5.41, 5.74) is 5.07. The summed E-state index contributed by atoms with van der Waals surface area (Å²) < 4.78 is 3.85. The SMILES string of the molecule is CCCNC(CCc1c(C)nn(C)c1C)c1cnn(C)c1. The molecule has 0 aliphatic rings. The number of aromatic nitrogens is 4. The van der Waals surface area contributed by atoms with Crippen LogP contribution in [-0.2, 0) is 20.5 Å². The van der Waals surface area contributed by atoms with Gasteiger partial charge in [0.2, 0.25) is 0 Å². The van der Waals surface area contributed by atoms with E-state index in [-0.39, 0.29) is 0 Å². The summed E-state index contributed by atoms with van der Waals surface area (Å²) in [5.74, 6) is 0. The van der Waals surface area contributed by atoms with Gasteiger partial charge in [0.1, 0.15) is 0 Å². The van der Waals surface area contributed by atoms with Crippen molar-refractivity contribution in [3.63, 3.8) is 0 Å². The second-order valence-corrected chi connectivity index (χ2v) is 5.77. The number of rotatable bonds is 7. The molecule has 0 bridgehead atoms. The van der Waals surface area contributed by atoms with Gasteiger partial charge in [-0.25, -0.2) is 0 Å². The third-order valence-corrected chi connectivity index (χ3v) is 4.11. The summed E-state index contributed by atoms with van der Waals surface area (Å²) in [6.07, 6.45) is 7.33. The van der Waals surface area contributed by atoms with Gasteiger partial charge < -0.3 is 5.32 Å². The molecule has 0 spiro atoms. The van der Waals surface area contributed by atoms with Crippen molar-refractivity contribution in [2.45, 2.75) is 46.1 Å². The van der Waals surface area contributed by atoms with Gasteiger partial charge in [0, 0.05) is 37.6 Å². The minimum Gasteiger partial charge on any atom is -0.310 e. The summed E-state index contributed by atoms with van der Waals surface area (Å²) in [6, 6.07) is 0.359. The first-order valence-electron chi connectivity index (χ1n) is 7.74. The van der Waals surface area contributed by atoms with E-state index in [0.717, 1.165) is 31.5 Å². The largest absolute Gasteiger partial charge is 0.310 e. The van der Waals surface area contributed by atoms with Crippen LogP contribution in [0.15, 0.2) is 12.4 Å². The quantitative estimate of drug-likeness (QED) is 0.851. The van der Waals surface area contributed by atoms with Crippen molar-refractivity contribution >= 4 is 0 Å². The Morgan fingerprint density at radius 3 is 2.57 bits per heavy atom. The number of hydrogen-bond donors (Lipinski definition) is 1. The van der Waals surface area contributed by atoms with Gasteiger partial charge in [-0.2, -0.15) is 10.2 Å². The van der Waals surface area contributed by atoms with Crippen LogP contribution in [0.5, 0.6) is 0 Å². The monoisotopic (exact) mass is 289 g/mol.